The summed E-state index contributed by atoms with van der Waals surface area (Å²) in [7, 11) is 0. The monoisotopic (exact) mass is 444 g/mol. The van der Waals surface area contributed by atoms with Crippen LogP contribution in [0.1, 0.15) is 73.1 Å². The van der Waals surface area contributed by atoms with Gasteiger partial charge in [-0.2, -0.15) is 0 Å². The predicted molar refractivity (Wildman–Crippen MR) is 131 cm³/mol. The van der Waals surface area contributed by atoms with Gasteiger partial charge in [0, 0.05) is 12.5 Å². The molecule has 32 heavy (non-hydrogen) atoms. The largest absolute Gasteiger partial charge is 0.491 e. The molecule has 0 saturated heterocycles. The van der Waals surface area contributed by atoms with E-state index in [2.05, 4.69) is 44.8 Å². The summed E-state index contributed by atoms with van der Waals surface area (Å²) in [4.78, 5) is 15.5. The van der Waals surface area contributed by atoms with Crippen molar-refractivity contribution in [3.63, 3.8) is 0 Å². The first-order chi connectivity index (χ1) is 15.4. The molecule has 0 aromatic heterocycles. The molecule has 3 fully saturated rings. The van der Waals surface area contributed by atoms with E-state index in [4.69, 9.17) is 9.47 Å². The summed E-state index contributed by atoms with van der Waals surface area (Å²) < 4.78 is 12.1. The van der Waals surface area contributed by atoms with Crippen LogP contribution in [0.3, 0.4) is 0 Å². The highest BCUT2D eigenvalue weighted by Gasteiger charge is 2.53. The van der Waals surface area contributed by atoms with Crippen molar-refractivity contribution in [2.75, 3.05) is 31.6 Å². The normalized spacial score (nSPS) is 26.2. The minimum absolute atomic E-state index is 0.0139. The van der Waals surface area contributed by atoms with Gasteiger partial charge >= 0.3 is 6.09 Å². The molecule has 4 unspecified atom stereocenters. The van der Waals surface area contributed by atoms with Gasteiger partial charge in [-0.25, -0.2) is 4.79 Å². The van der Waals surface area contributed by atoms with Crippen molar-refractivity contribution in [2.24, 2.45) is 23.2 Å². The molecule has 5 nitrogen and oxygen atoms in total. The van der Waals surface area contributed by atoms with Crippen LogP contribution in [0.5, 0.6) is 5.75 Å². The van der Waals surface area contributed by atoms with Gasteiger partial charge < -0.3 is 14.4 Å². The molecule has 0 spiro atoms. The van der Waals surface area contributed by atoms with Crippen molar-refractivity contribution >= 4 is 11.8 Å². The summed E-state index contributed by atoms with van der Waals surface area (Å²) in [5.74, 6) is 2.15. The van der Waals surface area contributed by atoms with Crippen molar-refractivity contribution in [1.29, 1.82) is 0 Å². The van der Waals surface area contributed by atoms with Crippen molar-refractivity contribution in [2.45, 2.75) is 79.2 Å². The topological polar surface area (TPSA) is 50.8 Å². The number of para-hydroxylation sites is 2. The van der Waals surface area contributed by atoms with E-state index in [1.165, 1.54) is 6.42 Å². The number of benzene rings is 1. The molecule has 3 aliphatic rings. The minimum Gasteiger partial charge on any atom is -0.491 e. The molecule has 4 atom stereocenters. The van der Waals surface area contributed by atoms with E-state index in [1.807, 2.05) is 24.3 Å². The lowest BCUT2D eigenvalue weighted by Crippen LogP contribution is -2.56. The van der Waals surface area contributed by atoms with Gasteiger partial charge in [-0.05, 0) is 68.2 Å². The molecule has 0 radical (unpaired) electrons. The fourth-order valence-corrected chi connectivity index (χ4v) is 6.05. The van der Waals surface area contributed by atoms with Crippen LogP contribution in [0.15, 0.2) is 24.3 Å². The Kier molecular flexibility index (Phi) is 8.87. The molecule has 1 aromatic carbocycles. The summed E-state index contributed by atoms with van der Waals surface area (Å²) in [6.07, 6.45) is 6.51. The summed E-state index contributed by atoms with van der Waals surface area (Å²) in [6.45, 7) is 15.2. The number of rotatable bonds is 11. The Labute approximate surface area is 195 Å². The quantitative estimate of drug-likeness (QED) is 0.391. The molecule has 0 heterocycles. The maximum atomic E-state index is 13.0. The average Bonchev–Trinajstić information content (AvgIpc) is 2.77. The number of anilines is 1. The molecule has 2 bridgehead atoms. The molecule has 1 aromatic rings. The van der Waals surface area contributed by atoms with Gasteiger partial charge in [-0.15, -0.1) is 0 Å². The van der Waals surface area contributed by atoms with Gasteiger partial charge in [-0.3, -0.25) is 5.32 Å². The zero-order chi connectivity index (χ0) is 23.1. The van der Waals surface area contributed by atoms with E-state index < -0.39 is 0 Å². The van der Waals surface area contributed by atoms with E-state index in [0.717, 1.165) is 51.7 Å². The van der Waals surface area contributed by atoms with E-state index in [-0.39, 0.29) is 12.2 Å². The number of nitrogens with one attached hydrogen (secondary N) is 1. The zero-order valence-corrected chi connectivity index (χ0v) is 20.9. The van der Waals surface area contributed by atoms with Crippen LogP contribution in [0.4, 0.5) is 10.5 Å². The number of ether oxygens (including phenoxy) is 2. The van der Waals surface area contributed by atoms with Crippen molar-refractivity contribution < 1.29 is 14.3 Å². The third kappa shape index (κ3) is 5.98. The van der Waals surface area contributed by atoms with Crippen LogP contribution >= 0.6 is 0 Å². The second-order valence-electron chi connectivity index (χ2n) is 10.3. The van der Waals surface area contributed by atoms with Crippen molar-refractivity contribution in [1.82, 2.24) is 4.90 Å². The highest BCUT2D eigenvalue weighted by molar-refractivity contribution is 5.86. The number of hydrogen-bond acceptors (Lipinski definition) is 4. The predicted octanol–water partition coefficient (Wildman–Crippen LogP) is 6.59. The number of nitrogens with zero attached hydrogens (tertiary/aromatic N) is 1. The van der Waals surface area contributed by atoms with E-state index in [9.17, 15) is 4.79 Å². The Hall–Kier alpha value is -1.75. The number of hydrogen-bond donors (Lipinski definition) is 1. The molecule has 3 aliphatic carbocycles. The lowest BCUT2D eigenvalue weighted by Gasteiger charge is -2.56. The number of amides is 1. The lowest BCUT2D eigenvalue weighted by atomic mass is 9.52. The smallest absolute Gasteiger partial charge is 0.412 e. The van der Waals surface area contributed by atoms with E-state index >= 15 is 0 Å². The maximum absolute atomic E-state index is 13.0. The van der Waals surface area contributed by atoms with Gasteiger partial charge in [0.1, 0.15) is 11.9 Å². The molecule has 0 aliphatic heterocycles. The average molecular weight is 445 g/mol. The molecule has 4 rings (SSSR count). The Morgan fingerprint density at radius 2 is 1.88 bits per heavy atom. The third-order valence-corrected chi connectivity index (χ3v) is 7.78. The highest BCUT2D eigenvalue weighted by atomic mass is 16.6. The number of fused-ring (bicyclic) bond motifs is 3. The molecule has 1 N–H and O–H groups in total. The first kappa shape index (κ1) is 24.9. The Bertz CT molecular complexity index is 731. The number of unbranched alkanes of at least 4 members (excludes halogenated alkanes) is 2. The van der Waals surface area contributed by atoms with E-state index in [0.29, 0.717) is 41.2 Å². The SMILES string of the molecule is CCCCCOc1ccccc1NC(=O)OC1C2CCC(C1CN(CC)CC)C(C)(C)C2. The van der Waals surface area contributed by atoms with E-state index in [1.54, 1.807) is 0 Å². The van der Waals surface area contributed by atoms with Crippen molar-refractivity contribution in [3.05, 3.63) is 24.3 Å². The van der Waals surface area contributed by atoms with Crippen molar-refractivity contribution in [3.8, 4) is 5.75 Å². The molecular weight excluding hydrogens is 400 g/mol. The second kappa shape index (κ2) is 11.4. The molecule has 3 saturated carbocycles. The maximum Gasteiger partial charge on any atom is 0.412 e. The number of carbonyl (C=O) groups excluding carboxylic acids is 1. The van der Waals surface area contributed by atoms with Crippen LogP contribution in [0.25, 0.3) is 0 Å². The fraction of sp³-hybridized carbons (Fsp3) is 0.741. The van der Waals surface area contributed by atoms with Gasteiger partial charge in [0.2, 0.25) is 0 Å². The lowest BCUT2D eigenvalue weighted by molar-refractivity contribution is -0.124. The van der Waals surface area contributed by atoms with Crippen LogP contribution in [-0.4, -0.2) is 43.3 Å². The van der Waals surface area contributed by atoms with Gasteiger partial charge in [0.25, 0.3) is 0 Å². The summed E-state index contributed by atoms with van der Waals surface area (Å²) >= 11 is 0. The first-order valence-corrected chi connectivity index (χ1v) is 12.8. The van der Waals surface area contributed by atoms with Crippen LogP contribution < -0.4 is 10.1 Å². The first-order valence-electron chi connectivity index (χ1n) is 12.8. The van der Waals surface area contributed by atoms with Crippen LogP contribution in [0.2, 0.25) is 0 Å². The molecule has 180 valence electrons. The Balaban J connectivity index is 1.68. The zero-order valence-electron chi connectivity index (χ0n) is 20.9. The summed E-state index contributed by atoms with van der Waals surface area (Å²) in [5.41, 5.74) is 1.01. The van der Waals surface area contributed by atoms with Gasteiger partial charge in [0.15, 0.2) is 0 Å². The highest BCUT2D eigenvalue weighted by Crippen LogP contribution is 2.56. The minimum atomic E-state index is -0.352. The summed E-state index contributed by atoms with van der Waals surface area (Å²) in [6, 6.07) is 7.66. The van der Waals surface area contributed by atoms with Gasteiger partial charge in [-0.1, -0.05) is 59.6 Å². The second-order valence-corrected chi connectivity index (χ2v) is 10.3. The fourth-order valence-electron chi connectivity index (χ4n) is 6.05. The Morgan fingerprint density at radius 1 is 1.12 bits per heavy atom. The molecule has 1 amide bonds. The standard InChI is InChI=1S/C27H44N2O3/c1-6-9-12-17-31-24-14-11-10-13-23(24)28-26(30)32-25-20-15-16-22(27(4,5)18-20)21(25)19-29(7-2)8-3/h10-11,13-14,20-22,25H,6-9,12,15-19H2,1-5H3,(H,28,30). The van der Waals surface area contributed by atoms with Gasteiger partial charge in [0.05, 0.1) is 12.3 Å². The molecular formula is C27H44N2O3. The molecule has 5 heteroatoms. The van der Waals surface area contributed by atoms with Crippen LogP contribution in [-0.2, 0) is 4.74 Å². The number of carbonyl (C=O) groups is 1. The Morgan fingerprint density at radius 3 is 2.56 bits per heavy atom. The third-order valence-electron chi connectivity index (χ3n) is 7.78. The van der Waals surface area contributed by atoms with Crippen LogP contribution in [0, 0.1) is 23.2 Å². The summed E-state index contributed by atoms with van der Waals surface area (Å²) in [5, 5.41) is 2.98.